The molecular formula is C16H17F2N5O2. The molecule has 7 nitrogen and oxygen atoms in total. The third kappa shape index (κ3) is 3.30. The van der Waals surface area contributed by atoms with Gasteiger partial charge in [0, 0.05) is 25.2 Å². The first-order valence-electron chi connectivity index (χ1n) is 7.46. The Kier molecular flexibility index (Phi) is 4.64. The van der Waals surface area contributed by atoms with Crippen LogP contribution in [0.2, 0.25) is 0 Å². The van der Waals surface area contributed by atoms with E-state index in [9.17, 15) is 8.78 Å². The van der Waals surface area contributed by atoms with Crippen LogP contribution in [0.25, 0.3) is 5.65 Å². The van der Waals surface area contributed by atoms with Crippen molar-refractivity contribution < 1.29 is 18.3 Å². The van der Waals surface area contributed by atoms with Gasteiger partial charge in [-0.05, 0) is 24.3 Å². The van der Waals surface area contributed by atoms with Gasteiger partial charge in [-0.3, -0.25) is 0 Å². The molecule has 132 valence electrons. The van der Waals surface area contributed by atoms with Crippen LogP contribution in [0.5, 0.6) is 11.5 Å². The number of hydrogen-bond acceptors (Lipinski definition) is 6. The van der Waals surface area contributed by atoms with Gasteiger partial charge in [-0.25, -0.2) is 8.78 Å². The molecule has 25 heavy (non-hydrogen) atoms. The van der Waals surface area contributed by atoms with Crippen LogP contribution in [-0.4, -0.2) is 41.1 Å². The Morgan fingerprint density at radius 1 is 1.12 bits per heavy atom. The summed E-state index contributed by atoms with van der Waals surface area (Å²) in [5.74, 6) is 1.39. The van der Waals surface area contributed by atoms with E-state index in [1.165, 1.54) is 0 Å². The molecule has 0 bridgehead atoms. The lowest BCUT2D eigenvalue weighted by atomic mass is 10.2. The molecule has 0 unspecified atom stereocenters. The normalized spacial score (nSPS) is 11.1. The zero-order valence-electron chi connectivity index (χ0n) is 14.0. The van der Waals surface area contributed by atoms with Gasteiger partial charge in [-0.1, -0.05) is 0 Å². The van der Waals surface area contributed by atoms with Crippen molar-refractivity contribution in [3.05, 3.63) is 41.7 Å². The Hall–Kier alpha value is -2.97. The molecule has 0 aliphatic rings. The highest BCUT2D eigenvalue weighted by molar-refractivity contribution is 5.48. The fourth-order valence-corrected chi connectivity index (χ4v) is 2.45. The van der Waals surface area contributed by atoms with Crippen molar-refractivity contribution in [3.63, 3.8) is 0 Å². The zero-order chi connectivity index (χ0) is 18.0. The van der Waals surface area contributed by atoms with Gasteiger partial charge in [-0.15, -0.1) is 15.3 Å². The highest BCUT2D eigenvalue weighted by Gasteiger charge is 2.18. The molecule has 2 aromatic heterocycles. The van der Waals surface area contributed by atoms with Gasteiger partial charge in [-0.2, -0.15) is 4.52 Å². The maximum absolute atomic E-state index is 13.0. The predicted molar refractivity (Wildman–Crippen MR) is 87.4 cm³/mol. The number of benzene rings is 1. The highest BCUT2D eigenvalue weighted by atomic mass is 19.3. The van der Waals surface area contributed by atoms with Gasteiger partial charge in [0.25, 0.3) is 6.43 Å². The Bertz CT molecular complexity index is 884. The molecule has 0 saturated heterocycles. The molecular weight excluding hydrogens is 332 g/mol. The Labute approximate surface area is 142 Å². The molecule has 3 aromatic rings. The topological polar surface area (TPSA) is 64.8 Å². The number of rotatable bonds is 6. The number of ether oxygens (including phenoxy) is 2. The lowest BCUT2D eigenvalue weighted by molar-refractivity contribution is 0.137. The number of methoxy groups -OCH3 is 2. The van der Waals surface area contributed by atoms with E-state index in [4.69, 9.17) is 9.47 Å². The van der Waals surface area contributed by atoms with E-state index in [1.54, 1.807) is 32.4 Å². The van der Waals surface area contributed by atoms with Crippen molar-refractivity contribution in [3.8, 4) is 11.5 Å². The second-order valence-electron chi connectivity index (χ2n) is 5.35. The lowest BCUT2D eigenvalue weighted by Crippen LogP contribution is -2.19. The molecule has 0 saturated carbocycles. The van der Waals surface area contributed by atoms with Crippen molar-refractivity contribution in [2.24, 2.45) is 0 Å². The first-order chi connectivity index (χ1) is 12.0. The minimum atomic E-state index is -2.75. The smallest absolute Gasteiger partial charge is 0.299 e. The van der Waals surface area contributed by atoms with Crippen LogP contribution in [0.4, 0.5) is 14.6 Å². The average molecular weight is 349 g/mol. The Morgan fingerprint density at radius 3 is 2.60 bits per heavy atom. The summed E-state index contributed by atoms with van der Waals surface area (Å²) in [6, 6.07) is 8.81. The van der Waals surface area contributed by atoms with Crippen molar-refractivity contribution in [1.29, 1.82) is 0 Å². The second-order valence-corrected chi connectivity index (χ2v) is 5.35. The molecule has 0 amide bonds. The minimum absolute atomic E-state index is 0.273. The third-order valence-electron chi connectivity index (χ3n) is 3.76. The standard InChI is InChI=1S/C16H17F2N5O2/c1-22(9-10-4-5-11(24-2)8-12(10)25-3)14-7-6-13-19-20-16(15(17)18)23(13)21-14/h4-8,15H,9H2,1-3H3. The quantitative estimate of drug-likeness (QED) is 0.682. The highest BCUT2D eigenvalue weighted by Crippen LogP contribution is 2.27. The van der Waals surface area contributed by atoms with Crippen LogP contribution in [0.1, 0.15) is 17.8 Å². The molecule has 0 aliphatic carbocycles. The number of alkyl halides is 2. The predicted octanol–water partition coefficient (Wildman–Crippen LogP) is 2.72. The van der Waals surface area contributed by atoms with Crippen LogP contribution in [0.15, 0.2) is 30.3 Å². The molecule has 9 heteroatoms. The summed E-state index contributed by atoms with van der Waals surface area (Å²) in [6.07, 6.45) is -2.75. The first kappa shape index (κ1) is 16.9. The fraction of sp³-hybridized carbons (Fsp3) is 0.312. The summed E-state index contributed by atoms with van der Waals surface area (Å²) in [6.45, 7) is 0.470. The molecule has 1 aromatic carbocycles. The second kappa shape index (κ2) is 6.88. The Balaban J connectivity index is 1.89. The molecule has 0 aliphatic heterocycles. The van der Waals surface area contributed by atoms with E-state index >= 15 is 0 Å². The average Bonchev–Trinajstić information content (AvgIpc) is 3.05. The summed E-state index contributed by atoms with van der Waals surface area (Å²) >= 11 is 0. The van der Waals surface area contributed by atoms with Crippen LogP contribution >= 0.6 is 0 Å². The number of nitrogens with zero attached hydrogens (tertiary/aromatic N) is 5. The van der Waals surface area contributed by atoms with E-state index in [-0.39, 0.29) is 5.65 Å². The van der Waals surface area contributed by atoms with E-state index in [1.807, 2.05) is 24.1 Å². The van der Waals surface area contributed by atoms with Crippen molar-refractivity contribution in [2.45, 2.75) is 13.0 Å². The number of aromatic nitrogens is 4. The van der Waals surface area contributed by atoms with E-state index in [2.05, 4.69) is 15.3 Å². The SMILES string of the molecule is COc1ccc(CN(C)c2ccc3nnc(C(F)F)n3n2)c(OC)c1. The monoisotopic (exact) mass is 349 g/mol. The molecule has 0 atom stereocenters. The zero-order valence-corrected chi connectivity index (χ0v) is 14.0. The summed E-state index contributed by atoms with van der Waals surface area (Å²) in [4.78, 5) is 1.82. The summed E-state index contributed by atoms with van der Waals surface area (Å²) in [5, 5.41) is 11.4. The molecule has 2 heterocycles. The number of fused-ring (bicyclic) bond motifs is 1. The maximum atomic E-state index is 13.0. The van der Waals surface area contributed by atoms with Gasteiger partial charge in [0.15, 0.2) is 5.65 Å². The molecule has 0 radical (unpaired) electrons. The molecule has 0 spiro atoms. The summed E-state index contributed by atoms with van der Waals surface area (Å²) in [5.41, 5.74) is 1.18. The number of anilines is 1. The van der Waals surface area contributed by atoms with Gasteiger partial charge < -0.3 is 14.4 Å². The molecule has 0 N–H and O–H groups in total. The largest absolute Gasteiger partial charge is 0.497 e. The van der Waals surface area contributed by atoms with Crippen LogP contribution in [-0.2, 0) is 6.54 Å². The van der Waals surface area contributed by atoms with Crippen molar-refractivity contribution in [1.82, 2.24) is 19.8 Å². The van der Waals surface area contributed by atoms with Crippen molar-refractivity contribution >= 4 is 11.5 Å². The van der Waals surface area contributed by atoms with E-state index in [0.29, 0.717) is 23.9 Å². The van der Waals surface area contributed by atoms with E-state index in [0.717, 1.165) is 10.1 Å². The molecule has 3 rings (SSSR count). The van der Waals surface area contributed by atoms with Crippen molar-refractivity contribution in [2.75, 3.05) is 26.2 Å². The van der Waals surface area contributed by atoms with Gasteiger partial charge in [0.1, 0.15) is 17.3 Å². The van der Waals surface area contributed by atoms with Crippen LogP contribution < -0.4 is 14.4 Å². The van der Waals surface area contributed by atoms with Gasteiger partial charge in [0.2, 0.25) is 5.82 Å². The van der Waals surface area contributed by atoms with Gasteiger partial charge >= 0.3 is 0 Å². The minimum Gasteiger partial charge on any atom is -0.497 e. The Morgan fingerprint density at radius 2 is 1.92 bits per heavy atom. The molecule has 0 fully saturated rings. The van der Waals surface area contributed by atoms with Gasteiger partial charge in [0.05, 0.1) is 14.2 Å². The lowest BCUT2D eigenvalue weighted by Gasteiger charge is -2.20. The number of hydrogen-bond donors (Lipinski definition) is 0. The maximum Gasteiger partial charge on any atom is 0.299 e. The van der Waals surface area contributed by atoms with Crippen LogP contribution in [0.3, 0.4) is 0 Å². The van der Waals surface area contributed by atoms with E-state index < -0.39 is 12.2 Å². The van der Waals surface area contributed by atoms with Crippen LogP contribution in [0, 0.1) is 0 Å². The first-order valence-corrected chi connectivity index (χ1v) is 7.46. The summed E-state index contributed by atoms with van der Waals surface area (Å²) in [7, 11) is 4.97. The number of halogens is 2. The third-order valence-corrected chi connectivity index (χ3v) is 3.76. The summed E-state index contributed by atoms with van der Waals surface area (Å²) < 4.78 is 37.6. The fourth-order valence-electron chi connectivity index (χ4n) is 2.45.